The van der Waals surface area contributed by atoms with Gasteiger partial charge in [0.15, 0.2) is 6.29 Å². The van der Waals surface area contributed by atoms with Crippen molar-refractivity contribution in [3.63, 3.8) is 0 Å². The van der Waals surface area contributed by atoms with Crippen molar-refractivity contribution >= 4 is 10.4 Å². The van der Waals surface area contributed by atoms with Gasteiger partial charge in [-0.1, -0.05) is 25.5 Å². The first kappa shape index (κ1) is 28.9. The van der Waals surface area contributed by atoms with Gasteiger partial charge in [0.25, 0.3) is 0 Å². The zero-order valence-electron chi connectivity index (χ0n) is 22.6. The summed E-state index contributed by atoms with van der Waals surface area (Å²) in [5.74, 6) is 0.562. The van der Waals surface area contributed by atoms with Gasteiger partial charge in [-0.25, -0.2) is 4.18 Å². The summed E-state index contributed by atoms with van der Waals surface area (Å²) in [4.78, 5) is 0. The van der Waals surface area contributed by atoms with Crippen molar-refractivity contribution in [3.8, 4) is 0 Å². The van der Waals surface area contributed by atoms with Gasteiger partial charge >= 0.3 is 10.4 Å². The Morgan fingerprint density at radius 2 is 1.76 bits per heavy atom. The molecule has 0 amide bonds. The second-order valence-corrected chi connectivity index (χ2v) is 14.1. The Balaban J connectivity index is 1.48. The van der Waals surface area contributed by atoms with Crippen LogP contribution in [0.2, 0.25) is 0 Å². The molecule has 1 aliphatic heterocycles. The van der Waals surface area contributed by atoms with E-state index in [1.807, 2.05) is 6.92 Å². The maximum atomic E-state index is 11.5. The zero-order chi connectivity index (χ0) is 27.8. The van der Waals surface area contributed by atoms with E-state index >= 15 is 0 Å². The summed E-state index contributed by atoms with van der Waals surface area (Å²) < 4.78 is 49.7. The van der Waals surface area contributed by atoms with Crippen LogP contribution in [0, 0.1) is 34.5 Å². The lowest BCUT2D eigenvalue weighted by Crippen LogP contribution is -2.60. The van der Waals surface area contributed by atoms with Gasteiger partial charge in [0, 0.05) is 0 Å². The summed E-state index contributed by atoms with van der Waals surface area (Å²) in [5.41, 5.74) is 0.993. The van der Waals surface area contributed by atoms with Crippen LogP contribution in [0.4, 0.5) is 0 Å². The number of hydrogen-bond acceptors (Lipinski definition) is 9. The number of ether oxygens (including phenoxy) is 2. The van der Waals surface area contributed by atoms with Crippen LogP contribution >= 0.6 is 0 Å². The SMILES string of the molecule is CC(O)C1CCC2C3CC(OC4OC(C)C(O)C(O)C4O)C4CC(OS(=O)(=O)O)CCC4(C)C3=CCC12C. The molecule has 4 fully saturated rings. The Morgan fingerprint density at radius 1 is 1.05 bits per heavy atom. The predicted molar refractivity (Wildman–Crippen MR) is 136 cm³/mol. The molecule has 5 N–H and O–H groups in total. The fraction of sp³-hybridized carbons (Fsp3) is 0.926. The highest BCUT2D eigenvalue weighted by molar-refractivity contribution is 7.80. The van der Waals surface area contributed by atoms with Crippen LogP contribution in [0.15, 0.2) is 11.6 Å². The second kappa shape index (κ2) is 10.0. The summed E-state index contributed by atoms with van der Waals surface area (Å²) in [6.45, 7) is 7.96. The number of hydrogen-bond donors (Lipinski definition) is 5. The number of aliphatic hydroxyl groups is 4. The van der Waals surface area contributed by atoms with Crippen LogP contribution < -0.4 is 0 Å². The molecule has 38 heavy (non-hydrogen) atoms. The van der Waals surface area contributed by atoms with E-state index in [1.54, 1.807) is 6.92 Å². The molecule has 0 aromatic carbocycles. The molecule has 5 rings (SSSR count). The Labute approximate surface area is 225 Å². The lowest BCUT2D eigenvalue weighted by molar-refractivity contribution is -0.315. The first-order valence-electron chi connectivity index (χ1n) is 14.0. The molecule has 3 saturated carbocycles. The molecule has 10 nitrogen and oxygen atoms in total. The van der Waals surface area contributed by atoms with E-state index in [2.05, 4.69) is 19.9 Å². The third-order valence-electron chi connectivity index (χ3n) is 11.0. The summed E-state index contributed by atoms with van der Waals surface area (Å²) in [5, 5.41) is 41.8. The molecule has 14 atom stereocenters. The van der Waals surface area contributed by atoms with E-state index in [9.17, 15) is 33.4 Å². The van der Waals surface area contributed by atoms with Gasteiger partial charge in [-0.15, -0.1) is 0 Å². The molecule has 0 radical (unpaired) electrons. The topological polar surface area (TPSA) is 163 Å². The largest absolute Gasteiger partial charge is 0.397 e. The lowest BCUT2D eigenvalue weighted by Gasteiger charge is -2.59. The lowest BCUT2D eigenvalue weighted by atomic mass is 9.48. The van der Waals surface area contributed by atoms with E-state index in [0.717, 1.165) is 19.3 Å². The summed E-state index contributed by atoms with van der Waals surface area (Å²) in [6, 6.07) is 0. The zero-order valence-corrected chi connectivity index (χ0v) is 23.5. The molecule has 4 aliphatic carbocycles. The first-order chi connectivity index (χ1) is 17.7. The van der Waals surface area contributed by atoms with Crippen LogP contribution in [-0.2, 0) is 24.1 Å². The summed E-state index contributed by atoms with van der Waals surface area (Å²) in [7, 11) is -4.62. The monoisotopic (exact) mass is 560 g/mol. The smallest absolute Gasteiger partial charge is 0.393 e. The quantitative estimate of drug-likeness (QED) is 0.248. The van der Waals surface area contributed by atoms with Crippen LogP contribution in [0.5, 0.6) is 0 Å². The summed E-state index contributed by atoms with van der Waals surface area (Å²) in [6.07, 6.45) is -0.291. The van der Waals surface area contributed by atoms with Gasteiger partial charge in [0.2, 0.25) is 0 Å². The van der Waals surface area contributed by atoms with Crippen LogP contribution in [-0.4, -0.2) is 82.4 Å². The number of aliphatic hydroxyl groups excluding tert-OH is 4. The van der Waals surface area contributed by atoms with Crippen molar-refractivity contribution in [1.29, 1.82) is 0 Å². The van der Waals surface area contributed by atoms with Gasteiger partial charge in [-0.05, 0) is 93.3 Å². The molecular weight excluding hydrogens is 516 g/mol. The van der Waals surface area contributed by atoms with Crippen LogP contribution in [0.25, 0.3) is 0 Å². The van der Waals surface area contributed by atoms with Gasteiger partial charge < -0.3 is 29.9 Å². The third kappa shape index (κ3) is 4.79. The standard InChI is InChI=1S/C27H44O10S/c1-13(28)17-5-6-18-16-12-21(36-25-24(31)23(30)22(29)14(2)35-25)20-11-15(37-38(32,33)34)7-9-27(20,4)19(16)8-10-26(17,18)3/h8,13-18,20-25,28-31H,5-7,9-12H2,1-4H3,(H,32,33,34). The van der Waals surface area contributed by atoms with Gasteiger partial charge in [-0.2, -0.15) is 8.42 Å². The van der Waals surface area contributed by atoms with E-state index in [0.29, 0.717) is 31.6 Å². The Kier molecular flexibility index (Phi) is 7.62. The summed E-state index contributed by atoms with van der Waals surface area (Å²) >= 11 is 0. The Hall–Kier alpha value is -0.630. The fourth-order valence-corrected chi connectivity index (χ4v) is 9.56. The van der Waals surface area contributed by atoms with Gasteiger partial charge in [-0.3, -0.25) is 4.55 Å². The van der Waals surface area contributed by atoms with E-state index in [-0.39, 0.29) is 28.6 Å². The average molecular weight is 561 g/mol. The van der Waals surface area contributed by atoms with Crippen molar-refractivity contribution in [1.82, 2.24) is 0 Å². The predicted octanol–water partition coefficient (Wildman–Crippen LogP) is 1.96. The highest BCUT2D eigenvalue weighted by Crippen LogP contribution is 2.66. The maximum Gasteiger partial charge on any atom is 0.397 e. The molecule has 1 heterocycles. The number of fused-ring (bicyclic) bond motifs is 5. The van der Waals surface area contributed by atoms with Crippen molar-refractivity contribution < 1.29 is 47.1 Å². The van der Waals surface area contributed by atoms with Gasteiger partial charge in [0.1, 0.15) is 18.3 Å². The van der Waals surface area contributed by atoms with Crippen molar-refractivity contribution in [3.05, 3.63) is 11.6 Å². The Bertz CT molecular complexity index is 1030. The minimum absolute atomic E-state index is 0.0446. The number of rotatable bonds is 5. The minimum Gasteiger partial charge on any atom is -0.393 e. The molecule has 5 aliphatic rings. The molecule has 218 valence electrons. The van der Waals surface area contributed by atoms with Crippen molar-refractivity contribution in [2.45, 2.75) is 122 Å². The van der Waals surface area contributed by atoms with Crippen molar-refractivity contribution in [2.24, 2.45) is 34.5 Å². The highest BCUT2D eigenvalue weighted by atomic mass is 32.3. The molecule has 0 aromatic heterocycles. The van der Waals surface area contributed by atoms with E-state index < -0.39 is 59.4 Å². The highest BCUT2D eigenvalue weighted by Gasteiger charge is 2.61. The minimum atomic E-state index is -4.62. The van der Waals surface area contributed by atoms with E-state index in [4.69, 9.17) is 13.7 Å². The molecule has 14 unspecified atom stereocenters. The number of allylic oxidation sites excluding steroid dienone is 2. The molecule has 0 spiro atoms. The molecular formula is C27H44O10S. The Morgan fingerprint density at radius 3 is 2.42 bits per heavy atom. The fourth-order valence-electron chi connectivity index (χ4n) is 9.05. The van der Waals surface area contributed by atoms with Crippen LogP contribution in [0.1, 0.15) is 72.6 Å². The van der Waals surface area contributed by atoms with E-state index in [1.165, 1.54) is 5.57 Å². The third-order valence-corrected chi connectivity index (χ3v) is 11.5. The second-order valence-electron chi connectivity index (χ2n) is 13.0. The average Bonchev–Trinajstić information content (AvgIpc) is 3.18. The first-order valence-corrected chi connectivity index (χ1v) is 15.4. The molecule has 1 saturated heterocycles. The molecule has 0 bridgehead atoms. The van der Waals surface area contributed by atoms with Crippen molar-refractivity contribution in [2.75, 3.05) is 0 Å². The van der Waals surface area contributed by atoms with Gasteiger partial charge in [0.05, 0.1) is 24.4 Å². The normalized spacial score (nSPS) is 51.9. The van der Waals surface area contributed by atoms with Crippen LogP contribution in [0.3, 0.4) is 0 Å². The molecule has 0 aromatic rings. The maximum absolute atomic E-state index is 11.5. The molecule has 11 heteroatoms.